The Bertz CT molecular complexity index is 434. The molecule has 0 atom stereocenters. The zero-order valence-corrected chi connectivity index (χ0v) is 13.3. The molecule has 6 heteroatoms. The number of hydrogen-bond donors (Lipinski definition) is 0. The SMILES string of the molecule is Br.COc1ccc(C(=O)CSC2=NCCS2)cc1. The number of carbonyl (C=O) groups is 1. The number of ether oxygens (including phenoxy) is 1. The maximum absolute atomic E-state index is 11.9. The summed E-state index contributed by atoms with van der Waals surface area (Å²) in [5.41, 5.74) is 0.724. The third kappa shape index (κ3) is 4.33. The van der Waals surface area contributed by atoms with Gasteiger partial charge in [0.2, 0.25) is 0 Å². The average Bonchev–Trinajstić information content (AvgIpc) is 2.89. The molecule has 0 saturated carbocycles. The Morgan fingerprint density at radius 1 is 1.44 bits per heavy atom. The van der Waals surface area contributed by atoms with E-state index in [4.69, 9.17) is 4.74 Å². The molecule has 18 heavy (non-hydrogen) atoms. The van der Waals surface area contributed by atoms with Crippen LogP contribution in [0.4, 0.5) is 0 Å². The van der Waals surface area contributed by atoms with Gasteiger partial charge < -0.3 is 4.74 Å². The third-order valence-corrected chi connectivity index (χ3v) is 4.55. The van der Waals surface area contributed by atoms with Crippen LogP contribution in [0.25, 0.3) is 0 Å². The first kappa shape index (κ1) is 15.6. The normalized spacial score (nSPS) is 13.7. The molecular weight excluding hydrogens is 334 g/mol. The molecule has 0 saturated heterocycles. The number of nitrogens with zero attached hydrogens (tertiary/aromatic N) is 1. The van der Waals surface area contributed by atoms with Crippen molar-refractivity contribution in [2.24, 2.45) is 4.99 Å². The molecule has 1 aromatic rings. The van der Waals surface area contributed by atoms with Crippen LogP contribution in [0.5, 0.6) is 5.75 Å². The molecule has 0 amide bonds. The first-order valence-corrected chi connectivity index (χ1v) is 7.24. The summed E-state index contributed by atoms with van der Waals surface area (Å²) in [7, 11) is 1.61. The number of Topliss-reactive ketones (excluding diaryl/α,β-unsaturated/α-hetero) is 1. The Morgan fingerprint density at radius 3 is 2.72 bits per heavy atom. The van der Waals surface area contributed by atoms with Gasteiger partial charge in [-0.05, 0) is 24.3 Å². The van der Waals surface area contributed by atoms with Crippen molar-refractivity contribution in [1.82, 2.24) is 0 Å². The molecule has 0 fully saturated rings. The van der Waals surface area contributed by atoms with Gasteiger partial charge in [-0.3, -0.25) is 9.79 Å². The van der Waals surface area contributed by atoms with E-state index in [1.165, 1.54) is 11.8 Å². The largest absolute Gasteiger partial charge is 0.497 e. The molecule has 2 rings (SSSR count). The number of methoxy groups -OCH3 is 1. The number of ketones is 1. The number of aliphatic imine (C=N–C) groups is 1. The van der Waals surface area contributed by atoms with Crippen LogP contribution < -0.4 is 4.74 Å². The number of thioether (sulfide) groups is 2. The standard InChI is InChI=1S/C12H13NO2S2.BrH/c1-15-10-4-2-9(3-5-10)11(14)8-17-12-13-6-7-16-12;/h2-5H,6-8H2,1H3;1H. The summed E-state index contributed by atoms with van der Waals surface area (Å²) in [5.74, 6) is 2.40. The lowest BCUT2D eigenvalue weighted by atomic mass is 10.1. The van der Waals surface area contributed by atoms with Crippen LogP contribution in [0.15, 0.2) is 29.3 Å². The van der Waals surface area contributed by atoms with E-state index in [2.05, 4.69) is 4.99 Å². The molecule has 0 aliphatic carbocycles. The zero-order chi connectivity index (χ0) is 12.1. The summed E-state index contributed by atoms with van der Waals surface area (Å²) in [6.45, 7) is 0.879. The van der Waals surface area contributed by atoms with Gasteiger partial charge in [-0.1, -0.05) is 23.5 Å². The fourth-order valence-corrected chi connectivity index (χ4v) is 3.29. The van der Waals surface area contributed by atoms with Gasteiger partial charge in [0.15, 0.2) is 5.78 Å². The Kier molecular flexibility index (Phi) is 6.81. The van der Waals surface area contributed by atoms with Gasteiger partial charge in [0.05, 0.1) is 19.4 Å². The number of benzene rings is 1. The predicted octanol–water partition coefficient (Wildman–Crippen LogP) is 3.29. The van der Waals surface area contributed by atoms with Crippen molar-refractivity contribution in [2.45, 2.75) is 0 Å². The summed E-state index contributed by atoms with van der Waals surface area (Å²) >= 11 is 3.26. The quantitative estimate of drug-likeness (QED) is 0.783. The van der Waals surface area contributed by atoms with E-state index in [1.807, 2.05) is 0 Å². The lowest BCUT2D eigenvalue weighted by Crippen LogP contribution is -2.03. The molecule has 1 aliphatic rings. The van der Waals surface area contributed by atoms with Crippen LogP contribution in [0.2, 0.25) is 0 Å². The molecule has 98 valence electrons. The monoisotopic (exact) mass is 347 g/mol. The van der Waals surface area contributed by atoms with Crippen LogP contribution in [-0.4, -0.2) is 35.3 Å². The van der Waals surface area contributed by atoms with Crippen molar-refractivity contribution in [1.29, 1.82) is 0 Å². The van der Waals surface area contributed by atoms with Gasteiger partial charge >= 0.3 is 0 Å². The third-order valence-electron chi connectivity index (χ3n) is 2.30. The summed E-state index contributed by atoms with van der Waals surface area (Å²) < 4.78 is 6.09. The minimum Gasteiger partial charge on any atom is -0.497 e. The van der Waals surface area contributed by atoms with E-state index in [-0.39, 0.29) is 22.8 Å². The highest BCUT2D eigenvalue weighted by Gasteiger charge is 2.11. The molecule has 0 unspecified atom stereocenters. The van der Waals surface area contributed by atoms with Crippen LogP contribution in [0.1, 0.15) is 10.4 Å². The first-order chi connectivity index (χ1) is 8.29. The second-order valence-electron chi connectivity index (χ2n) is 3.44. The molecule has 1 aliphatic heterocycles. The smallest absolute Gasteiger partial charge is 0.173 e. The maximum Gasteiger partial charge on any atom is 0.173 e. The Morgan fingerprint density at radius 2 is 2.17 bits per heavy atom. The average molecular weight is 348 g/mol. The molecule has 0 radical (unpaired) electrons. The van der Waals surface area contributed by atoms with Gasteiger partial charge in [-0.15, -0.1) is 17.0 Å². The highest BCUT2D eigenvalue weighted by atomic mass is 79.9. The summed E-state index contributed by atoms with van der Waals surface area (Å²) in [4.78, 5) is 16.2. The highest BCUT2D eigenvalue weighted by molar-refractivity contribution is 8.93. The molecule has 3 nitrogen and oxygen atoms in total. The van der Waals surface area contributed by atoms with Gasteiger partial charge in [-0.2, -0.15) is 0 Å². The summed E-state index contributed by atoms with van der Waals surface area (Å²) in [6.07, 6.45) is 0. The van der Waals surface area contributed by atoms with Crippen LogP contribution in [0.3, 0.4) is 0 Å². The molecule has 0 spiro atoms. The van der Waals surface area contributed by atoms with E-state index in [9.17, 15) is 4.79 Å². The topological polar surface area (TPSA) is 38.7 Å². The van der Waals surface area contributed by atoms with E-state index < -0.39 is 0 Å². The molecule has 0 bridgehead atoms. The van der Waals surface area contributed by atoms with Gasteiger partial charge in [0.25, 0.3) is 0 Å². The minimum atomic E-state index is 0. The van der Waals surface area contributed by atoms with Crippen molar-refractivity contribution in [3.8, 4) is 5.75 Å². The van der Waals surface area contributed by atoms with Gasteiger partial charge in [0, 0.05) is 11.3 Å². The zero-order valence-electron chi connectivity index (χ0n) is 9.92. The number of hydrogen-bond acceptors (Lipinski definition) is 5. The number of rotatable bonds is 4. The van der Waals surface area contributed by atoms with Crippen LogP contribution in [0, 0.1) is 0 Å². The van der Waals surface area contributed by atoms with Crippen molar-refractivity contribution >= 4 is 50.7 Å². The van der Waals surface area contributed by atoms with Crippen molar-refractivity contribution in [3.05, 3.63) is 29.8 Å². The second-order valence-corrected chi connectivity index (χ2v) is 5.74. The van der Waals surface area contributed by atoms with Crippen LogP contribution in [-0.2, 0) is 0 Å². The Labute approximate surface area is 126 Å². The fourth-order valence-electron chi connectivity index (χ4n) is 1.39. The number of halogens is 1. The van der Waals surface area contributed by atoms with Crippen molar-refractivity contribution < 1.29 is 9.53 Å². The maximum atomic E-state index is 11.9. The van der Waals surface area contributed by atoms with Gasteiger partial charge in [-0.25, -0.2) is 0 Å². The Hall–Kier alpha value is -0.460. The molecular formula is C12H14BrNO2S2. The summed E-state index contributed by atoms with van der Waals surface area (Å²) in [5, 5.41) is 0. The first-order valence-electron chi connectivity index (χ1n) is 5.27. The highest BCUT2D eigenvalue weighted by Crippen LogP contribution is 2.23. The second kappa shape index (κ2) is 7.86. The van der Waals surface area contributed by atoms with E-state index >= 15 is 0 Å². The number of carbonyl (C=O) groups excluding carboxylic acids is 1. The summed E-state index contributed by atoms with van der Waals surface area (Å²) in [6, 6.07) is 7.20. The van der Waals surface area contributed by atoms with Crippen molar-refractivity contribution in [3.63, 3.8) is 0 Å². The van der Waals surface area contributed by atoms with Crippen LogP contribution >= 0.6 is 40.5 Å². The van der Waals surface area contributed by atoms with E-state index in [0.29, 0.717) is 5.75 Å². The van der Waals surface area contributed by atoms with E-state index in [0.717, 1.165) is 28.0 Å². The van der Waals surface area contributed by atoms with E-state index in [1.54, 1.807) is 43.1 Å². The lowest BCUT2D eigenvalue weighted by molar-refractivity contribution is 0.102. The van der Waals surface area contributed by atoms with Gasteiger partial charge in [0.1, 0.15) is 10.1 Å². The molecule has 0 N–H and O–H groups in total. The lowest BCUT2D eigenvalue weighted by Gasteiger charge is -2.02. The minimum absolute atomic E-state index is 0. The predicted molar refractivity (Wildman–Crippen MR) is 84.9 cm³/mol. The van der Waals surface area contributed by atoms with Crippen molar-refractivity contribution in [2.75, 3.05) is 25.2 Å². The molecule has 1 heterocycles. The molecule has 0 aromatic heterocycles. The Balaban J connectivity index is 0.00000162. The fraction of sp³-hybridized carbons (Fsp3) is 0.333. The molecule has 1 aromatic carbocycles.